The monoisotopic (exact) mass is 204 g/mol. The summed E-state index contributed by atoms with van der Waals surface area (Å²) in [6.45, 7) is 0. The van der Waals surface area contributed by atoms with Gasteiger partial charge >= 0.3 is 0 Å². The maximum atomic E-state index is 6.09. The van der Waals surface area contributed by atoms with Crippen LogP contribution in [-0.2, 0) is 0 Å². The smallest absolute Gasteiger partial charge is 0.0393 e. The fourth-order valence-corrected chi connectivity index (χ4v) is 2.65. The van der Waals surface area contributed by atoms with E-state index in [1.165, 1.54) is 43.4 Å². The van der Waals surface area contributed by atoms with Crippen LogP contribution in [0.5, 0.6) is 0 Å². The second kappa shape index (κ2) is 4.56. The van der Waals surface area contributed by atoms with Gasteiger partial charge in [0.1, 0.15) is 0 Å². The Kier molecular flexibility index (Phi) is 3.14. The third-order valence-electron chi connectivity index (χ3n) is 3.42. The van der Waals surface area contributed by atoms with E-state index in [0.29, 0.717) is 5.92 Å². The number of rotatable bonds is 2. The molecule has 0 saturated heterocycles. The minimum absolute atomic E-state index is 0.669. The van der Waals surface area contributed by atoms with Crippen LogP contribution in [0.25, 0.3) is 0 Å². The Morgan fingerprint density at radius 3 is 2.60 bits per heavy atom. The summed E-state index contributed by atoms with van der Waals surface area (Å²) in [5, 5.41) is 3.25. The van der Waals surface area contributed by atoms with Crippen molar-refractivity contribution in [1.29, 1.82) is 0 Å². The first-order chi connectivity index (χ1) is 7.33. The average Bonchev–Trinajstić information content (AvgIpc) is 2.29. The van der Waals surface area contributed by atoms with Crippen molar-refractivity contribution >= 4 is 11.4 Å². The normalized spacial score (nSPS) is 17.7. The van der Waals surface area contributed by atoms with E-state index in [0.717, 1.165) is 5.69 Å². The summed E-state index contributed by atoms with van der Waals surface area (Å²) >= 11 is 0. The molecule has 0 atom stereocenters. The van der Waals surface area contributed by atoms with Gasteiger partial charge in [0.15, 0.2) is 0 Å². The molecule has 0 bridgehead atoms. The van der Waals surface area contributed by atoms with Gasteiger partial charge in [0.25, 0.3) is 0 Å². The van der Waals surface area contributed by atoms with Crippen LogP contribution in [0.4, 0.5) is 11.4 Å². The average molecular weight is 204 g/mol. The lowest BCUT2D eigenvalue weighted by Gasteiger charge is -2.25. The van der Waals surface area contributed by atoms with Crippen LogP contribution in [0, 0.1) is 0 Å². The molecule has 0 amide bonds. The van der Waals surface area contributed by atoms with Crippen LogP contribution in [-0.4, -0.2) is 7.05 Å². The van der Waals surface area contributed by atoms with Crippen LogP contribution < -0.4 is 11.1 Å². The number of nitrogens with one attached hydrogen (secondary N) is 1. The van der Waals surface area contributed by atoms with E-state index in [1.54, 1.807) is 0 Å². The Bertz CT molecular complexity index is 327. The van der Waals surface area contributed by atoms with Crippen LogP contribution in [0.1, 0.15) is 43.6 Å². The fraction of sp³-hybridized carbons (Fsp3) is 0.538. The van der Waals surface area contributed by atoms with Gasteiger partial charge in [0.2, 0.25) is 0 Å². The molecule has 2 nitrogen and oxygen atoms in total. The Labute approximate surface area is 91.9 Å². The van der Waals surface area contributed by atoms with Crippen molar-refractivity contribution in [3.05, 3.63) is 23.8 Å². The summed E-state index contributed by atoms with van der Waals surface area (Å²) in [6.07, 6.45) is 6.67. The number of anilines is 2. The zero-order chi connectivity index (χ0) is 10.7. The van der Waals surface area contributed by atoms with Gasteiger partial charge in [-0.25, -0.2) is 0 Å². The van der Waals surface area contributed by atoms with E-state index in [9.17, 15) is 0 Å². The van der Waals surface area contributed by atoms with E-state index < -0.39 is 0 Å². The Hall–Kier alpha value is -1.18. The first kappa shape index (κ1) is 10.3. The van der Waals surface area contributed by atoms with E-state index in [4.69, 9.17) is 5.73 Å². The molecule has 1 aromatic rings. The van der Waals surface area contributed by atoms with Gasteiger partial charge in [-0.1, -0.05) is 25.3 Å². The number of benzene rings is 1. The van der Waals surface area contributed by atoms with Crippen LogP contribution >= 0.6 is 0 Å². The van der Waals surface area contributed by atoms with E-state index in [-0.39, 0.29) is 0 Å². The Morgan fingerprint density at radius 2 is 1.93 bits per heavy atom. The molecule has 2 rings (SSSR count). The van der Waals surface area contributed by atoms with Crippen molar-refractivity contribution in [2.75, 3.05) is 18.1 Å². The molecular weight excluding hydrogens is 184 g/mol. The van der Waals surface area contributed by atoms with Crippen molar-refractivity contribution in [1.82, 2.24) is 0 Å². The Balaban J connectivity index is 2.31. The van der Waals surface area contributed by atoms with Gasteiger partial charge in [-0.2, -0.15) is 0 Å². The first-order valence-electron chi connectivity index (χ1n) is 5.89. The van der Waals surface area contributed by atoms with Crippen LogP contribution in [0.2, 0.25) is 0 Å². The molecular formula is C13H20N2. The van der Waals surface area contributed by atoms with Crippen molar-refractivity contribution in [3.8, 4) is 0 Å². The molecule has 2 heteroatoms. The molecule has 15 heavy (non-hydrogen) atoms. The van der Waals surface area contributed by atoms with Crippen molar-refractivity contribution in [3.63, 3.8) is 0 Å². The minimum atomic E-state index is 0.669. The quantitative estimate of drug-likeness (QED) is 0.725. The number of hydrogen-bond acceptors (Lipinski definition) is 2. The lowest BCUT2D eigenvalue weighted by Crippen LogP contribution is -2.10. The highest BCUT2D eigenvalue weighted by molar-refractivity contribution is 5.65. The summed E-state index contributed by atoms with van der Waals surface area (Å²) in [6, 6.07) is 6.17. The molecule has 0 heterocycles. The van der Waals surface area contributed by atoms with Crippen LogP contribution in [0.3, 0.4) is 0 Å². The standard InChI is InChI=1S/C13H20N2/c1-15-12-9-5-8-11(14)13(12)10-6-3-2-4-7-10/h5,8-10,15H,2-4,6-7,14H2,1H3. The van der Waals surface area contributed by atoms with Crippen molar-refractivity contribution in [2.45, 2.75) is 38.0 Å². The van der Waals surface area contributed by atoms with E-state index in [2.05, 4.69) is 11.4 Å². The SMILES string of the molecule is CNc1cccc(N)c1C1CCCCC1. The molecule has 0 unspecified atom stereocenters. The van der Waals surface area contributed by atoms with Gasteiger partial charge in [-0.3, -0.25) is 0 Å². The molecule has 82 valence electrons. The van der Waals surface area contributed by atoms with Crippen LogP contribution in [0.15, 0.2) is 18.2 Å². The zero-order valence-corrected chi connectivity index (χ0v) is 9.42. The van der Waals surface area contributed by atoms with E-state index >= 15 is 0 Å². The summed E-state index contributed by atoms with van der Waals surface area (Å²) in [5.74, 6) is 0.669. The molecule has 1 aliphatic carbocycles. The van der Waals surface area contributed by atoms with Gasteiger partial charge in [0, 0.05) is 24.0 Å². The summed E-state index contributed by atoms with van der Waals surface area (Å²) < 4.78 is 0. The van der Waals surface area contributed by atoms with Gasteiger partial charge in [0.05, 0.1) is 0 Å². The van der Waals surface area contributed by atoms with Gasteiger partial charge in [-0.15, -0.1) is 0 Å². The van der Waals surface area contributed by atoms with Crippen molar-refractivity contribution in [2.24, 2.45) is 0 Å². The molecule has 1 aliphatic rings. The number of nitrogen functional groups attached to an aromatic ring is 1. The number of nitrogens with two attached hydrogens (primary N) is 1. The summed E-state index contributed by atoms with van der Waals surface area (Å²) in [4.78, 5) is 0. The third kappa shape index (κ3) is 2.09. The molecule has 0 spiro atoms. The molecule has 0 aliphatic heterocycles. The maximum absolute atomic E-state index is 6.09. The lowest BCUT2D eigenvalue weighted by molar-refractivity contribution is 0.445. The summed E-state index contributed by atoms with van der Waals surface area (Å²) in [7, 11) is 1.97. The van der Waals surface area contributed by atoms with Gasteiger partial charge < -0.3 is 11.1 Å². The summed E-state index contributed by atoms with van der Waals surface area (Å²) in [5.41, 5.74) is 9.60. The zero-order valence-electron chi connectivity index (χ0n) is 9.42. The third-order valence-corrected chi connectivity index (χ3v) is 3.42. The highest BCUT2D eigenvalue weighted by Crippen LogP contribution is 2.39. The maximum Gasteiger partial charge on any atom is 0.0393 e. The molecule has 0 aromatic heterocycles. The number of hydrogen-bond donors (Lipinski definition) is 2. The predicted molar refractivity (Wildman–Crippen MR) is 66.2 cm³/mol. The second-order valence-corrected chi connectivity index (χ2v) is 4.39. The lowest BCUT2D eigenvalue weighted by atomic mass is 9.82. The van der Waals surface area contributed by atoms with E-state index in [1.807, 2.05) is 19.2 Å². The highest BCUT2D eigenvalue weighted by Gasteiger charge is 2.20. The van der Waals surface area contributed by atoms with Crippen molar-refractivity contribution < 1.29 is 0 Å². The molecule has 1 fully saturated rings. The molecule has 1 saturated carbocycles. The van der Waals surface area contributed by atoms with Gasteiger partial charge in [-0.05, 0) is 30.9 Å². The molecule has 3 N–H and O–H groups in total. The second-order valence-electron chi connectivity index (χ2n) is 4.39. The first-order valence-corrected chi connectivity index (χ1v) is 5.89. The molecule has 1 aromatic carbocycles. The highest BCUT2D eigenvalue weighted by atomic mass is 14.8. The Morgan fingerprint density at radius 1 is 1.20 bits per heavy atom. The molecule has 0 radical (unpaired) electrons. The predicted octanol–water partition coefficient (Wildman–Crippen LogP) is 3.36. The fourth-order valence-electron chi connectivity index (χ4n) is 2.65. The largest absolute Gasteiger partial charge is 0.398 e. The minimum Gasteiger partial charge on any atom is -0.398 e. The topological polar surface area (TPSA) is 38.0 Å².